The van der Waals surface area contributed by atoms with E-state index in [1.807, 2.05) is 32.6 Å². The minimum absolute atomic E-state index is 0.128. The largest absolute Gasteiger partial charge is 0.369 e. The van der Waals surface area contributed by atoms with Crippen molar-refractivity contribution in [2.24, 2.45) is 5.73 Å². The van der Waals surface area contributed by atoms with E-state index in [-0.39, 0.29) is 18.0 Å². The molecule has 1 saturated carbocycles. The van der Waals surface area contributed by atoms with Crippen molar-refractivity contribution in [2.75, 3.05) is 42.3 Å². The standard InChI is InChI=1S/C23H32N8O/c1-29(2)22(32)19-11-15-12-26-23(28-21(15)31(19)17-5-3-4-6-17)27-20-8-7-18(13-25-20)30-10-9-16(24)14-30/h7-8,12-13,16-17,19H,3-6,9-11,14,24H2,1-2H3,(H,25,26,27,28). The number of nitrogens with one attached hydrogen (secondary N) is 1. The average Bonchev–Trinajstić information content (AvgIpc) is 3.53. The number of hydrogen-bond acceptors (Lipinski definition) is 8. The van der Waals surface area contributed by atoms with Crippen LogP contribution in [0.3, 0.4) is 0 Å². The average molecular weight is 437 g/mol. The molecule has 5 rings (SSSR count). The van der Waals surface area contributed by atoms with Crippen LogP contribution in [0, 0.1) is 0 Å². The van der Waals surface area contributed by atoms with Crippen LogP contribution in [0.15, 0.2) is 24.5 Å². The summed E-state index contributed by atoms with van der Waals surface area (Å²) < 4.78 is 0. The number of pyridine rings is 1. The SMILES string of the molecule is CN(C)C(=O)C1Cc2cnc(Nc3ccc(N4CCC(N)C4)cn3)nc2N1C1CCCC1. The molecular weight excluding hydrogens is 404 g/mol. The van der Waals surface area contributed by atoms with E-state index in [0.717, 1.165) is 49.4 Å². The summed E-state index contributed by atoms with van der Waals surface area (Å²) in [6, 6.07) is 4.40. The van der Waals surface area contributed by atoms with E-state index >= 15 is 0 Å². The number of rotatable bonds is 5. The number of fused-ring (bicyclic) bond motifs is 1. The van der Waals surface area contributed by atoms with Crippen LogP contribution in [0.2, 0.25) is 0 Å². The highest BCUT2D eigenvalue weighted by Crippen LogP contribution is 2.38. The monoisotopic (exact) mass is 436 g/mol. The molecule has 3 N–H and O–H groups in total. The predicted octanol–water partition coefficient (Wildman–Crippen LogP) is 1.91. The summed E-state index contributed by atoms with van der Waals surface area (Å²) >= 11 is 0. The highest BCUT2D eigenvalue weighted by Gasteiger charge is 2.41. The smallest absolute Gasteiger partial charge is 0.245 e. The lowest BCUT2D eigenvalue weighted by atomic mass is 10.1. The van der Waals surface area contributed by atoms with E-state index in [1.165, 1.54) is 12.8 Å². The second-order valence-electron chi connectivity index (χ2n) is 9.36. The second-order valence-corrected chi connectivity index (χ2v) is 9.36. The third-order valence-electron chi connectivity index (χ3n) is 6.86. The van der Waals surface area contributed by atoms with Crippen molar-refractivity contribution in [1.29, 1.82) is 0 Å². The first-order valence-electron chi connectivity index (χ1n) is 11.6. The van der Waals surface area contributed by atoms with Crippen LogP contribution in [0.5, 0.6) is 0 Å². The van der Waals surface area contributed by atoms with Crippen molar-refractivity contribution in [3.8, 4) is 0 Å². The number of carbonyl (C=O) groups excluding carboxylic acids is 1. The summed E-state index contributed by atoms with van der Waals surface area (Å²) in [7, 11) is 3.64. The molecule has 9 nitrogen and oxygen atoms in total. The Balaban J connectivity index is 1.36. The van der Waals surface area contributed by atoms with Crippen molar-refractivity contribution < 1.29 is 4.79 Å². The van der Waals surface area contributed by atoms with Gasteiger partial charge in [-0.3, -0.25) is 4.79 Å². The number of nitrogens with two attached hydrogens (primary N) is 1. The van der Waals surface area contributed by atoms with Gasteiger partial charge in [-0.05, 0) is 31.4 Å². The number of hydrogen-bond donors (Lipinski definition) is 2. The Morgan fingerprint density at radius 1 is 1.16 bits per heavy atom. The summed E-state index contributed by atoms with van der Waals surface area (Å²) in [5.41, 5.74) is 8.14. The van der Waals surface area contributed by atoms with Gasteiger partial charge in [-0.25, -0.2) is 9.97 Å². The summed E-state index contributed by atoms with van der Waals surface area (Å²) in [6.07, 6.45) is 10.0. The van der Waals surface area contributed by atoms with Gasteiger partial charge in [0.05, 0.1) is 11.9 Å². The van der Waals surface area contributed by atoms with Gasteiger partial charge in [-0.2, -0.15) is 4.98 Å². The number of anilines is 4. The van der Waals surface area contributed by atoms with E-state index < -0.39 is 0 Å². The first kappa shape index (κ1) is 20.9. The zero-order chi connectivity index (χ0) is 22.2. The van der Waals surface area contributed by atoms with Gasteiger partial charge < -0.3 is 25.8 Å². The Labute approximate surface area is 189 Å². The Hall–Kier alpha value is -2.94. The fourth-order valence-electron chi connectivity index (χ4n) is 5.18. The van der Waals surface area contributed by atoms with Crippen LogP contribution in [0.25, 0.3) is 0 Å². The van der Waals surface area contributed by atoms with Gasteiger partial charge in [0.2, 0.25) is 11.9 Å². The summed E-state index contributed by atoms with van der Waals surface area (Å²) in [5.74, 6) is 2.22. The molecule has 0 aromatic carbocycles. The third-order valence-corrected chi connectivity index (χ3v) is 6.86. The van der Waals surface area contributed by atoms with Gasteiger partial charge in [-0.1, -0.05) is 12.8 Å². The molecule has 0 bridgehead atoms. The van der Waals surface area contributed by atoms with Gasteiger partial charge in [-0.15, -0.1) is 0 Å². The molecule has 1 amide bonds. The van der Waals surface area contributed by atoms with Gasteiger partial charge >= 0.3 is 0 Å². The minimum Gasteiger partial charge on any atom is -0.369 e. The molecule has 2 aromatic heterocycles. The van der Waals surface area contributed by atoms with Gasteiger partial charge in [0.15, 0.2) is 0 Å². The lowest BCUT2D eigenvalue weighted by molar-refractivity contribution is -0.130. The number of carbonyl (C=O) groups is 1. The molecular formula is C23H32N8O. The second kappa shape index (κ2) is 8.54. The van der Waals surface area contributed by atoms with E-state index in [4.69, 9.17) is 10.7 Å². The van der Waals surface area contributed by atoms with Gasteiger partial charge in [0.1, 0.15) is 17.7 Å². The van der Waals surface area contributed by atoms with E-state index in [0.29, 0.717) is 24.2 Å². The molecule has 9 heteroatoms. The number of likely N-dealkylation sites (N-methyl/N-ethyl adjacent to an activating group) is 1. The molecule has 170 valence electrons. The number of amides is 1. The van der Waals surface area contributed by atoms with Crippen LogP contribution >= 0.6 is 0 Å². The zero-order valence-corrected chi connectivity index (χ0v) is 18.9. The van der Waals surface area contributed by atoms with Crippen LogP contribution < -0.4 is 20.9 Å². The number of aromatic nitrogens is 3. The normalized spacial score (nSPS) is 23.0. The molecule has 2 unspecified atom stereocenters. The molecule has 2 atom stereocenters. The van der Waals surface area contributed by atoms with Crippen LogP contribution in [0.4, 0.5) is 23.3 Å². The van der Waals surface area contributed by atoms with Crippen molar-refractivity contribution in [3.63, 3.8) is 0 Å². The Morgan fingerprint density at radius 2 is 1.97 bits per heavy atom. The molecule has 0 spiro atoms. The van der Waals surface area contributed by atoms with Crippen LogP contribution in [-0.2, 0) is 11.2 Å². The molecule has 2 aliphatic heterocycles. The fraction of sp³-hybridized carbons (Fsp3) is 0.565. The Kier molecular flexibility index (Phi) is 5.58. The van der Waals surface area contributed by atoms with E-state index in [2.05, 4.69) is 31.2 Å². The maximum atomic E-state index is 12.9. The molecule has 1 aliphatic carbocycles. The molecule has 4 heterocycles. The first-order valence-corrected chi connectivity index (χ1v) is 11.6. The maximum absolute atomic E-state index is 12.9. The van der Waals surface area contributed by atoms with Crippen LogP contribution in [0.1, 0.15) is 37.7 Å². The Morgan fingerprint density at radius 3 is 2.62 bits per heavy atom. The molecule has 2 aromatic rings. The first-order chi connectivity index (χ1) is 15.5. The Bertz CT molecular complexity index is 972. The van der Waals surface area contributed by atoms with Crippen molar-refractivity contribution >= 4 is 29.2 Å². The third kappa shape index (κ3) is 3.97. The summed E-state index contributed by atoms with van der Waals surface area (Å²) in [4.78, 5) is 33.0. The molecule has 0 radical (unpaired) electrons. The van der Waals surface area contributed by atoms with Gasteiger partial charge in [0.25, 0.3) is 0 Å². The fourth-order valence-corrected chi connectivity index (χ4v) is 5.18. The lowest BCUT2D eigenvalue weighted by Gasteiger charge is -2.33. The summed E-state index contributed by atoms with van der Waals surface area (Å²) in [6.45, 7) is 1.83. The van der Waals surface area contributed by atoms with Crippen molar-refractivity contribution in [2.45, 2.75) is 56.7 Å². The zero-order valence-electron chi connectivity index (χ0n) is 18.9. The number of nitrogens with zero attached hydrogens (tertiary/aromatic N) is 6. The topological polar surface area (TPSA) is 104 Å². The molecule has 1 saturated heterocycles. The van der Waals surface area contributed by atoms with E-state index in [1.54, 1.807) is 4.90 Å². The molecule has 2 fully saturated rings. The highest BCUT2D eigenvalue weighted by atomic mass is 16.2. The van der Waals surface area contributed by atoms with Crippen molar-refractivity contribution in [1.82, 2.24) is 19.9 Å². The quantitative estimate of drug-likeness (QED) is 0.733. The molecule has 3 aliphatic rings. The molecule has 32 heavy (non-hydrogen) atoms. The maximum Gasteiger partial charge on any atom is 0.245 e. The van der Waals surface area contributed by atoms with Crippen LogP contribution in [-0.4, -0.2) is 71.1 Å². The van der Waals surface area contributed by atoms with Crippen molar-refractivity contribution in [3.05, 3.63) is 30.1 Å². The predicted molar refractivity (Wildman–Crippen MR) is 125 cm³/mol. The highest BCUT2D eigenvalue weighted by molar-refractivity contribution is 5.87. The van der Waals surface area contributed by atoms with E-state index in [9.17, 15) is 4.79 Å². The minimum atomic E-state index is -0.197. The lowest BCUT2D eigenvalue weighted by Crippen LogP contribution is -2.49. The summed E-state index contributed by atoms with van der Waals surface area (Å²) in [5, 5.41) is 3.24. The van der Waals surface area contributed by atoms with Gasteiger partial charge in [0, 0.05) is 57.4 Å².